The molecule has 0 spiro atoms. The monoisotopic (exact) mass is 271 g/mol. The van der Waals surface area contributed by atoms with Gasteiger partial charge in [0.25, 0.3) is 0 Å². The molecule has 0 aliphatic carbocycles. The minimum atomic E-state index is 1.08. The minimum Gasteiger partial charge on any atom is -0.358 e. The highest BCUT2D eigenvalue weighted by molar-refractivity contribution is 14.1. The molecule has 0 unspecified atom stereocenters. The van der Waals surface area contributed by atoms with Crippen LogP contribution < -0.4 is 0 Å². The lowest BCUT2D eigenvalue weighted by atomic mass is 10.2. The summed E-state index contributed by atoms with van der Waals surface area (Å²) in [7, 11) is 0. The lowest BCUT2D eigenvalue weighted by Gasteiger charge is -1.89. The first kappa shape index (κ1) is 8.10. The Morgan fingerprint density at radius 1 is 1.33 bits per heavy atom. The molecular weight excluding hydrogens is 261 g/mol. The zero-order chi connectivity index (χ0) is 8.55. The predicted molar refractivity (Wildman–Crippen MR) is 60.4 cm³/mol. The smallest absolute Gasteiger partial charge is 0.0467 e. The molecule has 0 aliphatic heterocycles. The van der Waals surface area contributed by atoms with Gasteiger partial charge in [-0.2, -0.15) is 0 Å². The van der Waals surface area contributed by atoms with Crippen LogP contribution in [0, 0.1) is 3.57 Å². The number of aryl methyl sites for hydroxylation is 1. The molecule has 0 fully saturated rings. The lowest BCUT2D eigenvalue weighted by molar-refractivity contribution is 1.06. The molecule has 0 amide bonds. The number of rotatable bonds is 1. The van der Waals surface area contributed by atoms with Crippen LogP contribution in [0.3, 0.4) is 0 Å². The molecule has 0 radical (unpaired) electrons. The van der Waals surface area contributed by atoms with Gasteiger partial charge in [-0.1, -0.05) is 25.1 Å². The van der Waals surface area contributed by atoms with Crippen LogP contribution in [0.2, 0.25) is 0 Å². The summed E-state index contributed by atoms with van der Waals surface area (Å²) in [6.07, 6.45) is 1.08. The molecule has 0 aliphatic rings. The maximum atomic E-state index is 3.41. The van der Waals surface area contributed by atoms with Gasteiger partial charge in [0.15, 0.2) is 0 Å². The van der Waals surface area contributed by atoms with E-state index in [1.54, 1.807) is 0 Å². The van der Waals surface area contributed by atoms with Crippen molar-refractivity contribution in [2.45, 2.75) is 13.3 Å². The Kier molecular flexibility index (Phi) is 2.09. The molecular formula is C10H10IN. The molecule has 0 saturated heterocycles. The number of para-hydroxylation sites is 1. The Bertz CT molecular complexity index is 403. The fourth-order valence-corrected chi connectivity index (χ4v) is 2.39. The zero-order valence-electron chi connectivity index (χ0n) is 6.89. The third kappa shape index (κ3) is 1.14. The van der Waals surface area contributed by atoms with Gasteiger partial charge in [-0.3, -0.25) is 0 Å². The molecule has 1 nitrogen and oxygen atoms in total. The van der Waals surface area contributed by atoms with Crippen LogP contribution in [0.4, 0.5) is 0 Å². The molecule has 1 N–H and O–H groups in total. The van der Waals surface area contributed by atoms with Crippen molar-refractivity contribution in [1.82, 2.24) is 4.98 Å². The van der Waals surface area contributed by atoms with Gasteiger partial charge in [0, 0.05) is 20.2 Å². The van der Waals surface area contributed by atoms with Crippen molar-refractivity contribution in [3.63, 3.8) is 0 Å². The van der Waals surface area contributed by atoms with E-state index in [2.05, 4.69) is 58.8 Å². The van der Waals surface area contributed by atoms with Gasteiger partial charge in [-0.05, 0) is 35.1 Å². The predicted octanol–water partition coefficient (Wildman–Crippen LogP) is 3.33. The third-order valence-electron chi connectivity index (χ3n) is 2.07. The Balaban J connectivity index is 2.78. The first-order valence-electron chi connectivity index (χ1n) is 4.08. The summed E-state index contributed by atoms with van der Waals surface area (Å²) in [5, 5.41) is 1.34. The Morgan fingerprint density at radius 3 is 2.75 bits per heavy atom. The fourth-order valence-electron chi connectivity index (χ4n) is 1.41. The topological polar surface area (TPSA) is 15.8 Å². The van der Waals surface area contributed by atoms with E-state index in [1.807, 2.05) is 0 Å². The average Bonchev–Trinajstić information content (AvgIpc) is 2.44. The van der Waals surface area contributed by atoms with Gasteiger partial charge < -0.3 is 4.98 Å². The van der Waals surface area contributed by atoms with Crippen LogP contribution in [0.15, 0.2) is 24.3 Å². The first-order chi connectivity index (χ1) is 5.83. The van der Waals surface area contributed by atoms with Crippen LogP contribution in [-0.4, -0.2) is 4.98 Å². The highest BCUT2D eigenvalue weighted by Gasteiger charge is 2.04. The number of hydrogen-bond donors (Lipinski definition) is 1. The first-order valence-corrected chi connectivity index (χ1v) is 5.16. The van der Waals surface area contributed by atoms with E-state index in [0.29, 0.717) is 0 Å². The number of halogens is 1. The van der Waals surface area contributed by atoms with Gasteiger partial charge in [-0.15, -0.1) is 0 Å². The Hall–Kier alpha value is -0.510. The van der Waals surface area contributed by atoms with Gasteiger partial charge >= 0.3 is 0 Å². The van der Waals surface area contributed by atoms with Gasteiger partial charge in [0.2, 0.25) is 0 Å². The van der Waals surface area contributed by atoms with E-state index in [4.69, 9.17) is 0 Å². The van der Waals surface area contributed by atoms with E-state index >= 15 is 0 Å². The van der Waals surface area contributed by atoms with Crippen molar-refractivity contribution in [2.24, 2.45) is 0 Å². The molecule has 1 aromatic heterocycles. The Morgan fingerprint density at radius 2 is 2.08 bits per heavy atom. The largest absolute Gasteiger partial charge is 0.358 e. The SMILES string of the molecule is CCc1[nH]c2ccccc2c1I. The second-order valence-electron chi connectivity index (χ2n) is 2.82. The van der Waals surface area contributed by atoms with Crippen molar-refractivity contribution < 1.29 is 0 Å². The van der Waals surface area contributed by atoms with Crippen LogP contribution in [0.1, 0.15) is 12.6 Å². The zero-order valence-corrected chi connectivity index (χ0v) is 9.05. The van der Waals surface area contributed by atoms with Gasteiger partial charge in [-0.25, -0.2) is 0 Å². The normalized spacial score (nSPS) is 10.8. The van der Waals surface area contributed by atoms with E-state index in [0.717, 1.165) is 6.42 Å². The quantitative estimate of drug-likeness (QED) is 0.766. The summed E-state index contributed by atoms with van der Waals surface area (Å²) < 4.78 is 1.37. The third-order valence-corrected chi connectivity index (χ3v) is 3.30. The second kappa shape index (κ2) is 3.09. The van der Waals surface area contributed by atoms with Crippen LogP contribution in [0.5, 0.6) is 0 Å². The summed E-state index contributed by atoms with van der Waals surface area (Å²) in [6, 6.07) is 8.43. The van der Waals surface area contributed by atoms with Crippen molar-refractivity contribution in [3.8, 4) is 0 Å². The number of aromatic nitrogens is 1. The fraction of sp³-hybridized carbons (Fsp3) is 0.200. The summed E-state index contributed by atoms with van der Waals surface area (Å²) >= 11 is 2.40. The maximum Gasteiger partial charge on any atom is 0.0467 e. The van der Waals surface area contributed by atoms with Crippen molar-refractivity contribution in [2.75, 3.05) is 0 Å². The average molecular weight is 271 g/mol. The number of H-pyrrole nitrogens is 1. The molecule has 0 atom stereocenters. The minimum absolute atomic E-state index is 1.08. The summed E-state index contributed by atoms with van der Waals surface area (Å²) in [5.41, 5.74) is 2.59. The number of fused-ring (bicyclic) bond motifs is 1. The van der Waals surface area contributed by atoms with E-state index in [1.165, 1.54) is 20.2 Å². The highest BCUT2D eigenvalue weighted by atomic mass is 127. The molecule has 2 rings (SSSR count). The summed E-state index contributed by atoms with van der Waals surface area (Å²) in [5.74, 6) is 0. The van der Waals surface area contributed by atoms with E-state index in [9.17, 15) is 0 Å². The van der Waals surface area contributed by atoms with Gasteiger partial charge in [0.1, 0.15) is 0 Å². The summed E-state index contributed by atoms with van der Waals surface area (Å²) in [6.45, 7) is 2.17. The molecule has 2 heteroatoms. The molecule has 1 heterocycles. The van der Waals surface area contributed by atoms with Crippen LogP contribution >= 0.6 is 22.6 Å². The van der Waals surface area contributed by atoms with Gasteiger partial charge in [0.05, 0.1) is 0 Å². The molecule has 0 saturated carbocycles. The van der Waals surface area contributed by atoms with Crippen LogP contribution in [-0.2, 0) is 6.42 Å². The standard InChI is InChI=1S/C10H10IN/c1-2-8-10(11)7-5-3-4-6-9(7)12-8/h3-6,12H,2H2,1H3. The second-order valence-corrected chi connectivity index (χ2v) is 3.90. The summed E-state index contributed by atoms with van der Waals surface area (Å²) in [4.78, 5) is 3.41. The number of aromatic amines is 1. The molecule has 2 aromatic rings. The van der Waals surface area contributed by atoms with E-state index < -0.39 is 0 Å². The lowest BCUT2D eigenvalue weighted by Crippen LogP contribution is -1.80. The van der Waals surface area contributed by atoms with Crippen molar-refractivity contribution >= 4 is 33.5 Å². The number of hydrogen-bond acceptors (Lipinski definition) is 0. The van der Waals surface area contributed by atoms with Crippen LogP contribution in [0.25, 0.3) is 10.9 Å². The maximum absolute atomic E-state index is 3.41. The van der Waals surface area contributed by atoms with Crippen molar-refractivity contribution in [3.05, 3.63) is 33.5 Å². The van der Waals surface area contributed by atoms with E-state index in [-0.39, 0.29) is 0 Å². The molecule has 62 valence electrons. The molecule has 12 heavy (non-hydrogen) atoms. The Labute approximate surface area is 85.3 Å². The number of nitrogens with one attached hydrogen (secondary N) is 1. The highest BCUT2D eigenvalue weighted by Crippen LogP contribution is 2.23. The number of benzene rings is 1. The van der Waals surface area contributed by atoms with Crippen molar-refractivity contribution in [1.29, 1.82) is 0 Å². The molecule has 1 aromatic carbocycles. The molecule has 0 bridgehead atoms.